The number of ether oxygens (including phenoxy) is 1. The highest BCUT2D eigenvalue weighted by Gasteiger charge is 2.34. The fourth-order valence-electron chi connectivity index (χ4n) is 3.97. The van der Waals surface area contributed by atoms with Crippen molar-refractivity contribution in [3.63, 3.8) is 0 Å². The van der Waals surface area contributed by atoms with E-state index in [1.807, 2.05) is 35.2 Å². The van der Waals surface area contributed by atoms with Gasteiger partial charge in [-0.25, -0.2) is 9.78 Å². The summed E-state index contributed by atoms with van der Waals surface area (Å²) in [6.07, 6.45) is 3.64. The van der Waals surface area contributed by atoms with Gasteiger partial charge in [0.25, 0.3) is 5.56 Å². The summed E-state index contributed by atoms with van der Waals surface area (Å²) in [6, 6.07) is 9.99. The largest absolute Gasteiger partial charge is 0.462 e. The van der Waals surface area contributed by atoms with Crippen LogP contribution in [0.25, 0.3) is 10.2 Å². The van der Waals surface area contributed by atoms with Crippen molar-refractivity contribution in [2.45, 2.75) is 52.7 Å². The maximum absolute atomic E-state index is 13.3. The number of fused-ring (bicyclic) bond motifs is 1. The van der Waals surface area contributed by atoms with Crippen molar-refractivity contribution >= 4 is 33.4 Å². The van der Waals surface area contributed by atoms with Gasteiger partial charge in [0, 0.05) is 12.6 Å². The van der Waals surface area contributed by atoms with Crippen LogP contribution in [0.5, 0.6) is 0 Å². The lowest BCUT2D eigenvalue weighted by Crippen LogP contribution is -2.42. The van der Waals surface area contributed by atoms with E-state index in [-0.39, 0.29) is 30.7 Å². The smallest absolute Gasteiger partial charge is 0.348 e. The first-order valence-corrected chi connectivity index (χ1v) is 11.7. The Kier molecular flexibility index (Phi) is 6.41. The monoisotopic (exact) mass is 453 g/mol. The molecule has 0 bridgehead atoms. The van der Waals surface area contributed by atoms with Crippen LogP contribution < -0.4 is 5.56 Å². The number of carbonyl (C=O) groups excluding carboxylic acids is 2. The van der Waals surface area contributed by atoms with Crippen LogP contribution in [0, 0.1) is 12.8 Å². The van der Waals surface area contributed by atoms with E-state index in [4.69, 9.17) is 4.74 Å². The zero-order valence-corrected chi connectivity index (χ0v) is 19.4. The minimum Gasteiger partial charge on any atom is -0.462 e. The summed E-state index contributed by atoms with van der Waals surface area (Å²) in [5.74, 6) is -0.0661. The highest BCUT2D eigenvalue weighted by molar-refractivity contribution is 7.20. The Balaban J connectivity index is 1.62. The number of thiophene rings is 1. The van der Waals surface area contributed by atoms with Crippen molar-refractivity contribution in [1.82, 2.24) is 14.5 Å². The number of aromatic nitrogens is 2. The normalized spacial score (nSPS) is 14.3. The Morgan fingerprint density at radius 3 is 2.66 bits per heavy atom. The van der Waals surface area contributed by atoms with Crippen LogP contribution in [0.15, 0.2) is 41.5 Å². The second kappa shape index (κ2) is 9.24. The van der Waals surface area contributed by atoms with Gasteiger partial charge in [-0.15, -0.1) is 11.3 Å². The summed E-state index contributed by atoms with van der Waals surface area (Å²) in [5.41, 5.74) is 1.30. The second-order valence-corrected chi connectivity index (χ2v) is 9.22. The van der Waals surface area contributed by atoms with E-state index in [2.05, 4.69) is 11.9 Å². The lowest BCUT2D eigenvalue weighted by Gasteiger charge is -2.30. The Labute approximate surface area is 190 Å². The van der Waals surface area contributed by atoms with Gasteiger partial charge in [0.05, 0.1) is 18.3 Å². The van der Waals surface area contributed by atoms with Gasteiger partial charge in [-0.1, -0.05) is 30.3 Å². The molecule has 1 aliphatic carbocycles. The number of hydrogen-bond acceptors (Lipinski definition) is 6. The van der Waals surface area contributed by atoms with Gasteiger partial charge in [0.15, 0.2) is 0 Å². The van der Waals surface area contributed by atoms with Crippen LogP contribution in [0.2, 0.25) is 0 Å². The lowest BCUT2D eigenvalue weighted by molar-refractivity contribution is -0.135. The number of carbonyl (C=O) groups is 2. The molecule has 7 nitrogen and oxygen atoms in total. The molecular formula is C24H27N3O4S. The minimum absolute atomic E-state index is 0.0876. The molecule has 0 spiro atoms. The molecule has 1 amide bonds. The first-order valence-electron chi connectivity index (χ1n) is 10.9. The van der Waals surface area contributed by atoms with Crippen molar-refractivity contribution in [3.05, 3.63) is 63.0 Å². The van der Waals surface area contributed by atoms with Gasteiger partial charge in [-0.2, -0.15) is 0 Å². The van der Waals surface area contributed by atoms with Gasteiger partial charge in [0.1, 0.15) is 16.3 Å². The fraction of sp³-hybridized carbons (Fsp3) is 0.417. The standard InChI is InChI=1S/C24H27N3O4S/c1-4-31-24(30)21-15(2)20-22(32-21)25-14-26(23(20)29)13-19(28)27(16(3)18-10-11-18)12-17-8-6-5-7-9-17/h5-9,14,16,18H,4,10-13H2,1-3H3. The first kappa shape index (κ1) is 22.2. The molecule has 1 fully saturated rings. The maximum Gasteiger partial charge on any atom is 0.348 e. The van der Waals surface area contributed by atoms with Crippen molar-refractivity contribution in [3.8, 4) is 0 Å². The number of benzene rings is 1. The zero-order valence-electron chi connectivity index (χ0n) is 18.5. The molecule has 2 heterocycles. The molecule has 1 unspecified atom stereocenters. The topological polar surface area (TPSA) is 81.5 Å². The third-order valence-electron chi connectivity index (χ3n) is 6.00. The van der Waals surface area contributed by atoms with Crippen LogP contribution in [-0.2, 0) is 22.6 Å². The van der Waals surface area contributed by atoms with E-state index in [9.17, 15) is 14.4 Å². The quantitative estimate of drug-likeness (QED) is 0.485. The predicted molar refractivity (Wildman–Crippen MR) is 124 cm³/mol. The van der Waals surface area contributed by atoms with Crippen LogP contribution >= 0.6 is 11.3 Å². The van der Waals surface area contributed by atoms with Crippen LogP contribution in [-0.4, -0.2) is 39.0 Å². The molecule has 0 radical (unpaired) electrons. The number of aryl methyl sites for hydroxylation is 1. The van der Waals surface area contributed by atoms with Gasteiger partial charge >= 0.3 is 5.97 Å². The molecule has 0 N–H and O–H groups in total. The summed E-state index contributed by atoms with van der Waals surface area (Å²) in [5, 5.41) is 0.373. The number of esters is 1. The Morgan fingerprint density at radius 2 is 2.00 bits per heavy atom. The van der Waals surface area contributed by atoms with E-state index in [0.29, 0.717) is 33.1 Å². The van der Waals surface area contributed by atoms with Crippen LogP contribution in [0.4, 0.5) is 0 Å². The molecular weight excluding hydrogens is 426 g/mol. The minimum atomic E-state index is -0.456. The van der Waals surface area contributed by atoms with Crippen molar-refractivity contribution < 1.29 is 14.3 Å². The highest BCUT2D eigenvalue weighted by Crippen LogP contribution is 2.36. The molecule has 3 aromatic rings. The Bertz CT molecular complexity index is 1200. The zero-order chi connectivity index (χ0) is 22.8. The number of hydrogen-bond donors (Lipinski definition) is 0. The van der Waals surface area contributed by atoms with Gasteiger partial charge in [-0.3, -0.25) is 14.2 Å². The van der Waals surface area contributed by atoms with Gasteiger partial charge in [-0.05, 0) is 50.7 Å². The molecule has 1 aliphatic rings. The number of nitrogens with zero attached hydrogens (tertiary/aromatic N) is 3. The summed E-state index contributed by atoms with van der Waals surface area (Å²) < 4.78 is 6.43. The average molecular weight is 454 g/mol. The van der Waals surface area contributed by atoms with E-state index < -0.39 is 5.97 Å². The van der Waals surface area contributed by atoms with Crippen molar-refractivity contribution in [1.29, 1.82) is 0 Å². The summed E-state index contributed by atoms with van der Waals surface area (Å²) in [6.45, 7) is 6.22. The fourth-order valence-corrected chi connectivity index (χ4v) is 5.01. The van der Waals surface area contributed by atoms with Crippen LogP contribution in [0.3, 0.4) is 0 Å². The first-order chi connectivity index (χ1) is 15.4. The molecule has 4 rings (SSSR count). The third-order valence-corrected chi connectivity index (χ3v) is 7.18. The molecule has 8 heteroatoms. The Hall–Kier alpha value is -3.00. The summed E-state index contributed by atoms with van der Waals surface area (Å²) in [4.78, 5) is 45.8. The lowest BCUT2D eigenvalue weighted by atomic mass is 10.1. The third kappa shape index (κ3) is 4.46. The molecule has 32 heavy (non-hydrogen) atoms. The van der Waals surface area contributed by atoms with E-state index in [0.717, 1.165) is 29.7 Å². The number of amides is 1. The SMILES string of the molecule is CCOC(=O)c1sc2ncn(CC(=O)N(Cc3ccccc3)C(C)C3CC3)c(=O)c2c1C. The van der Waals surface area contributed by atoms with E-state index in [1.165, 1.54) is 10.9 Å². The molecule has 1 atom stereocenters. The maximum atomic E-state index is 13.3. The predicted octanol–water partition coefficient (Wildman–Crippen LogP) is 3.77. The van der Waals surface area contributed by atoms with Crippen LogP contribution in [0.1, 0.15) is 47.5 Å². The van der Waals surface area contributed by atoms with Crippen molar-refractivity contribution in [2.24, 2.45) is 5.92 Å². The highest BCUT2D eigenvalue weighted by atomic mass is 32.1. The molecule has 168 valence electrons. The molecule has 0 aliphatic heterocycles. The number of rotatable bonds is 8. The van der Waals surface area contributed by atoms with Gasteiger partial charge in [0.2, 0.25) is 5.91 Å². The average Bonchev–Trinajstić information content (AvgIpc) is 3.57. The molecule has 0 saturated heterocycles. The van der Waals surface area contributed by atoms with E-state index in [1.54, 1.807) is 13.8 Å². The summed E-state index contributed by atoms with van der Waals surface area (Å²) in [7, 11) is 0. The molecule has 1 aromatic carbocycles. The van der Waals surface area contributed by atoms with E-state index >= 15 is 0 Å². The van der Waals surface area contributed by atoms with Gasteiger partial charge < -0.3 is 9.64 Å². The molecule has 2 aromatic heterocycles. The summed E-state index contributed by atoms with van der Waals surface area (Å²) >= 11 is 1.14. The second-order valence-electron chi connectivity index (χ2n) is 8.22. The Morgan fingerprint density at radius 1 is 1.28 bits per heavy atom. The van der Waals surface area contributed by atoms with Crippen molar-refractivity contribution in [2.75, 3.05) is 6.61 Å². The molecule has 1 saturated carbocycles.